The van der Waals surface area contributed by atoms with Gasteiger partial charge in [0.15, 0.2) is 0 Å². The minimum Gasteiger partial charge on any atom is -0.382 e. The monoisotopic (exact) mass is 199 g/mol. The summed E-state index contributed by atoms with van der Waals surface area (Å²) in [6, 6.07) is 0. The van der Waals surface area contributed by atoms with Crippen LogP contribution in [0.4, 0.5) is 5.82 Å². The average Bonchev–Trinajstić information content (AvgIpc) is 2.64. The molecule has 1 rings (SSSR count). The average molecular weight is 199 g/mol. The molecule has 0 bridgehead atoms. The lowest BCUT2D eigenvalue weighted by atomic mass is 10.1. The first-order valence-corrected chi connectivity index (χ1v) is 5.61. The number of H-pyrrole nitrogens is 1. The van der Waals surface area contributed by atoms with E-state index >= 15 is 0 Å². The van der Waals surface area contributed by atoms with Crippen LogP contribution in [0.3, 0.4) is 0 Å². The van der Waals surface area contributed by atoms with Crippen molar-refractivity contribution in [3.63, 3.8) is 0 Å². The number of aryl methyl sites for hydroxylation is 1. The first kappa shape index (κ1) is 15.5. The Bertz CT molecular complexity index is 216. The number of aromatic amines is 1. The molecule has 0 spiro atoms. The van der Waals surface area contributed by atoms with E-state index in [1.807, 2.05) is 27.7 Å². The third kappa shape index (κ3) is 4.30. The van der Waals surface area contributed by atoms with E-state index in [9.17, 15) is 0 Å². The van der Waals surface area contributed by atoms with Gasteiger partial charge in [0.2, 0.25) is 0 Å². The number of nitrogens with one attached hydrogen (secondary N) is 1. The molecule has 84 valence electrons. The van der Waals surface area contributed by atoms with Crippen molar-refractivity contribution < 1.29 is 0 Å². The van der Waals surface area contributed by atoms with Crippen LogP contribution < -0.4 is 5.73 Å². The number of nitrogens with two attached hydrogens (primary N) is 1. The van der Waals surface area contributed by atoms with E-state index in [2.05, 4.69) is 24.0 Å². The fourth-order valence-corrected chi connectivity index (χ4v) is 1.10. The van der Waals surface area contributed by atoms with Gasteiger partial charge in [-0.05, 0) is 12.8 Å². The Morgan fingerprint density at radius 3 is 1.86 bits per heavy atom. The molecule has 0 fully saturated rings. The SMILES string of the molecule is CC.CC.CCc1[nH]nc(N)c1CC. The van der Waals surface area contributed by atoms with Crippen LogP contribution in [0, 0.1) is 0 Å². The van der Waals surface area contributed by atoms with Crippen molar-refractivity contribution in [2.75, 3.05) is 5.73 Å². The highest BCUT2D eigenvalue weighted by atomic mass is 15.2. The normalized spacial score (nSPS) is 8.14. The molecule has 0 unspecified atom stereocenters. The van der Waals surface area contributed by atoms with Crippen molar-refractivity contribution >= 4 is 5.82 Å². The van der Waals surface area contributed by atoms with Crippen LogP contribution in [-0.4, -0.2) is 10.2 Å². The van der Waals surface area contributed by atoms with Crippen molar-refractivity contribution in [2.24, 2.45) is 0 Å². The van der Waals surface area contributed by atoms with Gasteiger partial charge in [-0.15, -0.1) is 0 Å². The van der Waals surface area contributed by atoms with Crippen molar-refractivity contribution in [3.05, 3.63) is 11.3 Å². The summed E-state index contributed by atoms with van der Waals surface area (Å²) >= 11 is 0. The molecule has 0 aliphatic carbocycles. The second kappa shape index (κ2) is 10.1. The van der Waals surface area contributed by atoms with Crippen LogP contribution in [0.2, 0.25) is 0 Å². The Hall–Kier alpha value is -0.990. The van der Waals surface area contributed by atoms with Gasteiger partial charge in [-0.2, -0.15) is 5.10 Å². The molecule has 0 aliphatic heterocycles. The fraction of sp³-hybridized carbons (Fsp3) is 0.727. The second-order valence-corrected chi connectivity index (χ2v) is 2.27. The molecular formula is C11H25N3. The lowest BCUT2D eigenvalue weighted by Crippen LogP contribution is -1.91. The summed E-state index contributed by atoms with van der Waals surface area (Å²) in [6.07, 6.45) is 1.94. The molecule has 0 saturated heterocycles. The summed E-state index contributed by atoms with van der Waals surface area (Å²) in [7, 11) is 0. The molecule has 1 aromatic heterocycles. The molecule has 0 amide bonds. The standard InChI is InChI=1S/C7H13N3.2C2H6/c1-3-5-6(4-2)9-10-7(5)8;2*1-2/h3-4H2,1-2H3,(H3,8,9,10);2*1-2H3. The zero-order valence-electron chi connectivity index (χ0n) is 10.4. The fourth-order valence-electron chi connectivity index (χ4n) is 1.10. The molecule has 0 atom stereocenters. The number of nitrogens with zero attached hydrogens (tertiary/aromatic N) is 1. The molecule has 1 aromatic rings. The molecule has 3 heteroatoms. The van der Waals surface area contributed by atoms with Gasteiger partial charge in [0.25, 0.3) is 0 Å². The molecule has 0 radical (unpaired) electrons. The number of anilines is 1. The zero-order valence-corrected chi connectivity index (χ0v) is 10.4. The Morgan fingerprint density at radius 1 is 1.07 bits per heavy atom. The molecule has 0 aliphatic rings. The van der Waals surface area contributed by atoms with E-state index in [-0.39, 0.29) is 0 Å². The Morgan fingerprint density at radius 2 is 1.57 bits per heavy atom. The van der Waals surface area contributed by atoms with Gasteiger partial charge in [0.1, 0.15) is 5.82 Å². The van der Waals surface area contributed by atoms with Crippen molar-refractivity contribution in [3.8, 4) is 0 Å². The summed E-state index contributed by atoms with van der Waals surface area (Å²) < 4.78 is 0. The van der Waals surface area contributed by atoms with Gasteiger partial charge in [0, 0.05) is 11.3 Å². The van der Waals surface area contributed by atoms with Gasteiger partial charge >= 0.3 is 0 Å². The Kier molecular flexibility index (Phi) is 11.2. The van der Waals surface area contributed by atoms with Crippen LogP contribution in [0.1, 0.15) is 52.8 Å². The van der Waals surface area contributed by atoms with Crippen LogP contribution >= 0.6 is 0 Å². The molecule has 0 aromatic carbocycles. The van der Waals surface area contributed by atoms with Gasteiger partial charge in [0.05, 0.1) is 0 Å². The topological polar surface area (TPSA) is 54.7 Å². The first-order valence-electron chi connectivity index (χ1n) is 5.61. The molecule has 3 nitrogen and oxygen atoms in total. The van der Waals surface area contributed by atoms with Crippen LogP contribution in [-0.2, 0) is 12.8 Å². The van der Waals surface area contributed by atoms with Crippen LogP contribution in [0.15, 0.2) is 0 Å². The summed E-state index contributed by atoms with van der Waals surface area (Å²) in [5.41, 5.74) is 7.92. The van der Waals surface area contributed by atoms with Gasteiger partial charge in [-0.1, -0.05) is 41.5 Å². The van der Waals surface area contributed by atoms with Crippen LogP contribution in [0.5, 0.6) is 0 Å². The number of aromatic nitrogens is 2. The third-order valence-corrected chi connectivity index (χ3v) is 1.69. The number of rotatable bonds is 2. The minimum atomic E-state index is 0.652. The van der Waals surface area contributed by atoms with Gasteiger partial charge < -0.3 is 5.73 Å². The summed E-state index contributed by atoms with van der Waals surface area (Å²) in [4.78, 5) is 0. The van der Waals surface area contributed by atoms with Crippen molar-refractivity contribution in [1.82, 2.24) is 10.2 Å². The second-order valence-electron chi connectivity index (χ2n) is 2.27. The maximum Gasteiger partial charge on any atom is 0.148 e. The number of hydrogen-bond acceptors (Lipinski definition) is 2. The molecule has 14 heavy (non-hydrogen) atoms. The van der Waals surface area contributed by atoms with E-state index in [0.717, 1.165) is 12.8 Å². The lowest BCUT2D eigenvalue weighted by molar-refractivity contribution is 0.957. The van der Waals surface area contributed by atoms with E-state index in [0.29, 0.717) is 5.82 Å². The zero-order chi connectivity index (χ0) is 11.6. The molecular weight excluding hydrogens is 174 g/mol. The van der Waals surface area contributed by atoms with E-state index in [1.54, 1.807) is 0 Å². The summed E-state index contributed by atoms with van der Waals surface area (Å²) in [6.45, 7) is 12.2. The summed E-state index contributed by atoms with van der Waals surface area (Å²) in [5.74, 6) is 0.652. The highest BCUT2D eigenvalue weighted by Crippen LogP contribution is 2.13. The predicted octanol–water partition coefficient (Wildman–Crippen LogP) is 3.17. The number of hydrogen-bond donors (Lipinski definition) is 2. The smallest absolute Gasteiger partial charge is 0.148 e. The quantitative estimate of drug-likeness (QED) is 0.768. The Balaban J connectivity index is 0. The maximum atomic E-state index is 5.59. The van der Waals surface area contributed by atoms with Gasteiger partial charge in [-0.3, -0.25) is 5.10 Å². The predicted molar refractivity (Wildman–Crippen MR) is 64.5 cm³/mol. The third-order valence-electron chi connectivity index (χ3n) is 1.69. The van der Waals surface area contributed by atoms with Crippen molar-refractivity contribution in [1.29, 1.82) is 0 Å². The number of nitrogen functional groups attached to an aromatic ring is 1. The Labute approximate surface area is 88.1 Å². The highest BCUT2D eigenvalue weighted by Gasteiger charge is 2.04. The molecule has 0 saturated carbocycles. The molecule has 3 N–H and O–H groups in total. The van der Waals surface area contributed by atoms with E-state index in [4.69, 9.17) is 5.73 Å². The van der Waals surface area contributed by atoms with E-state index < -0.39 is 0 Å². The maximum absolute atomic E-state index is 5.59. The largest absolute Gasteiger partial charge is 0.382 e. The van der Waals surface area contributed by atoms with Gasteiger partial charge in [-0.25, -0.2) is 0 Å². The molecule has 1 heterocycles. The highest BCUT2D eigenvalue weighted by molar-refractivity contribution is 5.41. The van der Waals surface area contributed by atoms with E-state index in [1.165, 1.54) is 11.3 Å². The summed E-state index contributed by atoms with van der Waals surface area (Å²) in [5, 5.41) is 6.81. The van der Waals surface area contributed by atoms with Crippen LogP contribution in [0.25, 0.3) is 0 Å². The first-order chi connectivity index (χ1) is 6.79. The van der Waals surface area contributed by atoms with Crippen molar-refractivity contribution in [2.45, 2.75) is 54.4 Å². The lowest BCUT2D eigenvalue weighted by Gasteiger charge is -1.94. The minimum absolute atomic E-state index is 0.652.